The Morgan fingerprint density at radius 2 is 1.75 bits per heavy atom. The summed E-state index contributed by atoms with van der Waals surface area (Å²) in [4.78, 5) is 12.0. The normalized spacial score (nSPS) is 9.45. The van der Waals surface area contributed by atoms with E-state index in [1.165, 1.54) is 0 Å². The van der Waals surface area contributed by atoms with E-state index in [-0.39, 0.29) is 5.91 Å². The van der Waals surface area contributed by atoms with E-state index in [4.69, 9.17) is 5.73 Å². The minimum absolute atomic E-state index is 0.0906. The number of nitrogens with one attached hydrogen (secondary N) is 1. The first-order chi connectivity index (χ1) is 9.81. The van der Waals surface area contributed by atoms with Gasteiger partial charge in [0.05, 0.1) is 6.54 Å². The number of benzene rings is 2. The van der Waals surface area contributed by atoms with Gasteiger partial charge in [-0.15, -0.1) is 0 Å². The Balaban J connectivity index is 2.06. The van der Waals surface area contributed by atoms with Crippen LogP contribution in [0.2, 0.25) is 0 Å². The van der Waals surface area contributed by atoms with Crippen LogP contribution in [0.4, 0.5) is 0 Å². The van der Waals surface area contributed by atoms with E-state index in [1.54, 1.807) is 12.1 Å². The Morgan fingerprint density at radius 1 is 1.05 bits per heavy atom. The summed E-state index contributed by atoms with van der Waals surface area (Å²) in [5.41, 5.74) is 7.91. The van der Waals surface area contributed by atoms with Crippen LogP contribution < -0.4 is 11.1 Å². The second-order valence-electron chi connectivity index (χ2n) is 4.21. The van der Waals surface area contributed by atoms with Crippen molar-refractivity contribution < 1.29 is 4.79 Å². The Morgan fingerprint density at radius 3 is 2.50 bits per heavy atom. The summed E-state index contributed by atoms with van der Waals surface area (Å²) in [5.74, 6) is 5.75. The molecule has 2 aromatic rings. The largest absolute Gasteiger partial charge is 0.348 e. The molecule has 2 aromatic carbocycles. The SMILES string of the molecule is NCC#Cc1ccccc1CNC(=O)c1ccccc1. The molecule has 3 heteroatoms. The molecule has 0 aromatic heterocycles. The predicted octanol–water partition coefficient (Wildman–Crippen LogP) is 1.93. The van der Waals surface area contributed by atoms with Gasteiger partial charge >= 0.3 is 0 Å². The van der Waals surface area contributed by atoms with Crippen LogP contribution in [0, 0.1) is 11.8 Å². The lowest BCUT2D eigenvalue weighted by Gasteiger charge is -2.07. The molecule has 0 aliphatic rings. The quantitative estimate of drug-likeness (QED) is 0.832. The zero-order chi connectivity index (χ0) is 14.2. The summed E-state index contributed by atoms with van der Waals surface area (Å²) in [5, 5.41) is 2.89. The Bertz CT molecular complexity index is 639. The van der Waals surface area contributed by atoms with Gasteiger partial charge in [-0.3, -0.25) is 4.79 Å². The van der Waals surface area contributed by atoms with Crippen molar-refractivity contribution in [3.63, 3.8) is 0 Å². The molecule has 0 saturated carbocycles. The number of hydrogen-bond donors (Lipinski definition) is 2. The van der Waals surface area contributed by atoms with Crippen LogP contribution in [0.1, 0.15) is 21.5 Å². The minimum Gasteiger partial charge on any atom is -0.348 e. The van der Waals surface area contributed by atoms with E-state index in [9.17, 15) is 4.79 Å². The fourth-order valence-electron chi connectivity index (χ4n) is 1.81. The molecule has 0 saturated heterocycles. The monoisotopic (exact) mass is 264 g/mol. The van der Waals surface area contributed by atoms with Crippen LogP contribution in [-0.4, -0.2) is 12.5 Å². The Kier molecular flexibility index (Phi) is 4.94. The maximum Gasteiger partial charge on any atom is 0.251 e. The van der Waals surface area contributed by atoms with Crippen LogP contribution in [0.3, 0.4) is 0 Å². The molecule has 100 valence electrons. The lowest BCUT2D eigenvalue weighted by atomic mass is 10.1. The van der Waals surface area contributed by atoms with Crippen LogP contribution in [0.25, 0.3) is 0 Å². The van der Waals surface area contributed by atoms with Crippen LogP contribution in [0.15, 0.2) is 54.6 Å². The van der Waals surface area contributed by atoms with E-state index in [2.05, 4.69) is 17.2 Å². The molecule has 0 fully saturated rings. The number of nitrogens with two attached hydrogens (primary N) is 1. The van der Waals surface area contributed by atoms with Crippen molar-refractivity contribution >= 4 is 5.91 Å². The molecule has 0 spiro atoms. The number of carbonyl (C=O) groups excluding carboxylic acids is 1. The number of rotatable bonds is 3. The van der Waals surface area contributed by atoms with Gasteiger partial charge < -0.3 is 11.1 Å². The molecule has 0 aliphatic heterocycles. The lowest BCUT2D eigenvalue weighted by molar-refractivity contribution is 0.0951. The number of carbonyl (C=O) groups is 1. The maximum absolute atomic E-state index is 12.0. The zero-order valence-electron chi connectivity index (χ0n) is 11.1. The molecule has 2 rings (SSSR count). The summed E-state index contributed by atoms with van der Waals surface area (Å²) in [6.07, 6.45) is 0. The van der Waals surface area contributed by atoms with Crippen molar-refractivity contribution in [3.8, 4) is 11.8 Å². The van der Waals surface area contributed by atoms with Gasteiger partial charge in [0.2, 0.25) is 0 Å². The van der Waals surface area contributed by atoms with E-state index < -0.39 is 0 Å². The lowest BCUT2D eigenvalue weighted by Crippen LogP contribution is -2.23. The molecule has 20 heavy (non-hydrogen) atoms. The van der Waals surface area contributed by atoms with Gasteiger partial charge in [-0.05, 0) is 23.8 Å². The van der Waals surface area contributed by atoms with Gasteiger partial charge in [0.25, 0.3) is 5.91 Å². The fraction of sp³-hybridized carbons (Fsp3) is 0.118. The standard InChI is InChI=1S/C17H16N2O/c18-12-6-11-14-7-4-5-10-16(14)13-19-17(20)15-8-2-1-3-9-15/h1-5,7-10H,12-13,18H2,(H,19,20). The van der Waals surface area contributed by atoms with E-state index in [0.29, 0.717) is 18.7 Å². The maximum atomic E-state index is 12.0. The summed E-state index contributed by atoms with van der Waals surface area (Å²) < 4.78 is 0. The van der Waals surface area contributed by atoms with Crippen molar-refractivity contribution in [2.24, 2.45) is 5.73 Å². The van der Waals surface area contributed by atoms with Gasteiger partial charge in [0.1, 0.15) is 0 Å². The highest BCUT2D eigenvalue weighted by atomic mass is 16.1. The molecule has 1 amide bonds. The first-order valence-electron chi connectivity index (χ1n) is 6.41. The average molecular weight is 264 g/mol. The summed E-state index contributed by atoms with van der Waals surface area (Å²) in [7, 11) is 0. The summed E-state index contributed by atoms with van der Waals surface area (Å²) >= 11 is 0. The molecule has 0 aliphatic carbocycles. The van der Waals surface area contributed by atoms with Crippen LogP contribution in [0.5, 0.6) is 0 Å². The third-order valence-corrected chi connectivity index (χ3v) is 2.82. The van der Waals surface area contributed by atoms with E-state index in [1.807, 2.05) is 42.5 Å². The van der Waals surface area contributed by atoms with Gasteiger partial charge in [-0.25, -0.2) is 0 Å². The molecular weight excluding hydrogens is 248 g/mol. The second kappa shape index (κ2) is 7.13. The molecule has 0 atom stereocenters. The molecule has 3 N–H and O–H groups in total. The summed E-state index contributed by atoms with van der Waals surface area (Å²) in [6, 6.07) is 16.9. The van der Waals surface area contributed by atoms with Gasteiger partial charge in [-0.2, -0.15) is 0 Å². The molecule has 0 radical (unpaired) electrons. The van der Waals surface area contributed by atoms with Crippen molar-refractivity contribution in [2.45, 2.75) is 6.54 Å². The fourth-order valence-corrected chi connectivity index (χ4v) is 1.81. The highest BCUT2D eigenvalue weighted by molar-refractivity contribution is 5.94. The molecular formula is C17H16N2O. The van der Waals surface area contributed by atoms with Gasteiger partial charge in [-0.1, -0.05) is 48.2 Å². The van der Waals surface area contributed by atoms with E-state index >= 15 is 0 Å². The topological polar surface area (TPSA) is 55.1 Å². The van der Waals surface area contributed by atoms with Crippen molar-refractivity contribution in [1.29, 1.82) is 0 Å². The zero-order valence-corrected chi connectivity index (χ0v) is 11.1. The first kappa shape index (κ1) is 13.9. The third-order valence-electron chi connectivity index (χ3n) is 2.82. The minimum atomic E-state index is -0.0906. The van der Waals surface area contributed by atoms with Crippen molar-refractivity contribution in [2.75, 3.05) is 6.54 Å². The highest BCUT2D eigenvalue weighted by Crippen LogP contribution is 2.07. The van der Waals surface area contributed by atoms with Crippen LogP contribution >= 0.6 is 0 Å². The van der Waals surface area contributed by atoms with E-state index in [0.717, 1.165) is 11.1 Å². The predicted molar refractivity (Wildman–Crippen MR) is 80.0 cm³/mol. The smallest absolute Gasteiger partial charge is 0.251 e. The molecule has 0 bridgehead atoms. The highest BCUT2D eigenvalue weighted by Gasteiger charge is 2.05. The van der Waals surface area contributed by atoms with Crippen molar-refractivity contribution in [3.05, 3.63) is 71.3 Å². The van der Waals surface area contributed by atoms with Gasteiger partial charge in [0, 0.05) is 17.7 Å². The van der Waals surface area contributed by atoms with Crippen molar-refractivity contribution in [1.82, 2.24) is 5.32 Å². The number of hydrogen-bond acceptors (Lipinski definition) is 2. The Labute approximate surface area is 118 Å². The molecule has 0 heterocycles. The summed E-state index contributed by atoms with van der Waals surface area (Å²) in [6.45, 7) is 0.772. The third kappa shape index (κ3) is 3.71. The average Bonchev–Trinajstić information content (AvgIpc) is 2.52. The Hall–Kier alpha value is -2.57. The first-order valence-corrected chi connectivity index (χ1v) is 6.41. The molecule has 0 unspecified atom stereocenters. The van der Waals surface area contributed by atoms with Gasteiger partial charge in [0.15, 0.2) is 0 Å². The van der Waals surface area contributed by atoms with Crippen LogP contribution in [-0.2, 0) is 6.54 Å². The molecule has 3 nitrogen and oxygen atoms in total. The second-order valence-corrected chi connectivity index (χ2v) is 4.21. The number of amides is 1.